The van der Waals surface area contributed by atoms with Crippen molar-refractivity contribution in [3.8, 4) is 0 Å². The van der Waals surface area contributed by atoms with Crippen LogP contribution in [-0.4, -0.2) is 6.54 Å². The van der Waals surface area contributed by atoms with E-state index in [0.717, 1.165) is 12.5 Å². The summed E-state index contributed by atoms with van der Waals surface area (Å²) in [5.41, 5.74) is 9.11. The van der Waals surface area contributed by atoms with Crippen LogP contribution in [-0.2, 0) is 0 Å². The van der Waals surface area contributed by atoms with Crippen molar-refractivity contribution >= 4 is 0 Å². The van der Waals surface area contributed by atoms with E-state index >= 15 is 0 Å². The summed E-state index contributed by atoms with van der Waals surface area (Å²) in [6.45, 7) is 0.860. The van der Waals surface area contributed by atoms with Gasteiger partial charge in [-0.05, 0) is 57.4 Å². The molecule has 1 unspecified atom stereocenters. The number of rotatable bonds is 4. The van der Waals surface area contributed by atoms with E-state index < -0.39 is 0 Å². The summed E-state index contributed by atoms with van der Waals surface area (Å²) >= 11 is 0. The number of hydrogen-bond acceptors (Lipinski definition) is 1. The number of nitrogens with two attached hydrogens (primary N) is 1. The van der Waals surface area contributed by atoms with Crippen molar-refractivity contribution in [1.29, 1.82) is 0 Å². The van der Waals surface area contributed by atoms with E-state index in [2.05, 4.69) is 12.2 Å². The first-order valence-corrected chi connectivity index (χ1v) is 6.47. The van der Waals surface area contributed by atoms with Gasteiger partial charge in [0.05, 0.1) is 0 Å². The second-order valence-electron chi connectivity index (χ2n) is 4.88. The van der Waals surface area contributed by atoms with E-state index in [-0.39, 0.29) is 0 Å². The monoisotopic (exact) mass is 205 g/mol. The molecule has 84 valence electrons. The van der Waals surface area contributed by atoms with Gasteiger partial charge in [-0.2, -0.15) is 0 Å². The maximum absolute atomic E-state index is 5.55. The summed E-state index contributed by atoms with van der Waals surface area (Å²) in [4.78, 5) is 0. The molecule has 0 amide bonds. The maximum Gasteiger partial charge on any atom is -0.00773 e. The SMILES string of the molecule is NCCCCC1CCCC2=C1CC=CC2. The molecular weight excluding hydrogens is 182 g/mol. The largest absolute Gasteiger partial charge is 0.330 e. The molecule has 0 bridgehead atoms. The lowest BCUT2D eigenvalue weighted by molar-refractivity contribution is 0.437. The summed E-state index contributed by atoms with van der Waals surface area (Å²) in [7, 11) is 0. The van der Waals surface area contributed by atoms with Gasteiger partial charge in [0.2, 0.25) is 0 Å². The van der Waals surface area contributed by atoms with Crippen LogP contribution in [0.15, 0.2) is 23.3 Å². The van der Waals surface area contributed by atoms with E-state index in [1.54, 1.807) is 11.1 Å². The molecule has 0 aliphatic heterocycles. The van der Waals surface area contributed by atoms with Crippen LogP contribution in [0.3, 0.4) is 0 Å². The first-order valence-electron chi connectivity index (χ1n) is 6.47. The van der Waals surface area contributed by atoms with Crippen molar-refractivity contribution in [1.82, 2.24) is 0 Å². The van der Waals surface area contributed by atoms with Crippen LogP contribution in [0.25, 0.3) is 0 Å². The van der Waals surface area contributed by atoms with E-state index in [1.807, 2.05) is 0 Å². The fourth-order valence-electron chi connectivity index (χ4n) is 3.02. The topological polar surface area (TPSA) is 26.0 Å². The Morgan fingerprint density at radius 2 is 2.07 bits per heavy atom. The Kier molecular flexibility index (Phi) is 4.01. The minimum atomic E-state index is 0.860. The van der Waals surface area contributed by atoms with E-state index in [1.165, 1.54) is 51.4 Å². The molecule has 2 rings (SSSR count). The molecule has 0 saturated carbocycles. The van der Waals surface area contributed by atoms with E-state index in [9.17, 15) is 0 Å². The predicted molar refractivity (Wildman–Crippen MR) is 65.6 cm³/mol. The van der Waals surface area contributed by atoms with Gasteiger partial charge >= 0.3 is 0 Å². The van der Waals surface area contributed by atoms with Crippen molar-refractivity contribution in [2.45, 2.75) is 51.4 Å². The zero-order chi connectivity index (χ0) is 10.5. The Labute approximate surface area is 93.4 Å². The third kappa shape index (κ3) is 2.72. The summed E-state index contributed by atoms with van der Waals surface area (Å²) in [5, 5.41) is 0. The van der Waals surface area contributed by atoms with Crippen LogP contribution in [0, 0.1) is 5.92 Å². The fourth-order valence-corrected chi connectivity index (χ4v) is 3.02. The quantitative estimate of drug-likeness (QED) is 0.551. The van der Waals surface area contributed by atoms with Crippen molar-refractivity contribution in [3.05, 3.63) is 23.3 Å². The molecule has 0 aromatic heterocycles. The van der Waals surface area contributed by atoms with Crippen LogP contribution in [0.4, 0.5) is 0 Å². The highest BCUT2D eigenvalue weighted by atomic mass is 14.5. The molecule has 2 aliphatic carbocycles. The Balaban J connectivity index is 1.93. The Morgan fingerprint density at radius 1 is 1.20 bits per heavy atom. The second-order valence-corrected chi connectivity index (χ2v) is 4.88. The predicted octanol–water partition coefficient (Wildman–Crippen LogP) is 3.56. The third-order valence-corrected chi connectivity index (χ3v) is 3.85. The molecule has 2 aliphatic rings. The minimum Gasteiger partial charge on any atom is -0.330 e. The Bertz CT molecular complexity index is 263. The minimum absolute atomic E-state index is 0.860. The molecular formula is C14H23N. The molecule has 0 saturated heterocycles. The van der Waals surface area contributed by atoms with Gasteiger partial charge in [-0.15, -0.1) is 0 Å². The average molecular weight is 205 g/mol. The molecule has 0 spiro atoms. The van der Waals surface area contributed by atoms with Crippen molar-refractivity contribution in [2.75, 3.05) is 6.54 Å². The number of hydrogen-bond donors (Lipinski definition) is 1. The van der Waals surface area contributed by atoms with Gasteiger partial charge < -0.3 is 5.73 Å². The Hall–Kier alpha value is -0.560. The number of allylic oxidation sites excluding steroid dienone is 4. The summed E-state index contributed by atoms with van der Waals surface area (Å²) < 4.78 is 0. The van der Waals surface area contributed by atoms with Gasteiger partial charge in [0, 0.05) is 0 Å². The lowest BCUT2D eigenvalue weighted by Gasteiger charge is -2.30. The van der Waals surface area contributed by atoms with Crippen LogP contribution >= 0.6 is 0 Å². The Morgan fingerprint density at radius 3 is 2.93 bits per heavy atom. The second kappa shape index (κ2) is 5.50. The number of unbranched alkanes of at least 4 members (excludes halogenated alkanes) is 1. The van der Waals surface area contributed by atoms with Crippen molar-refractivity contribution in [2.24, 2.45) is 11.7 Å². The fraction of sp³-hybridized carbons (Fsp3) is 0.714. The average Bonchev–Trinajstić information content (AvgIpc) is 2.30. The molecule has 0 aromatic carbocycles. The van der Waals surface area contributed by atoms with Crippen molar-refractivity contribution < 1.29 is 0 Å². The van der Waals surface area contributed by atoms with Gasteiger partial charge in [-0.25, -0.2) is 0 Å². The third-order valence-electron chi connectivity index (χ3n) is 3.85. The molecule has 1 heteroatoms. The lowest BCUT2D eigenvalue weighted by Crippen LogP contribution is -2.14. The molecule has 0 fully saturated rings. The zero-order valence-electron chi connectivity index (χ0n) is 9.67. The van der Waals surface area contributed by atoms with Crippen molar-refractivity contribution in [3.63, 3.8) is 0 Å². The summed E-state index contributed by atoms with van der Waals surface area (Å²) in [5.74, 6) is 0.894. The molecule has 0 heterocycles. The first-order chi connectivity index (χ1) is 7.42. The standard InChI is InChI=1S/C14H23N/c15-11-4-3-7-13-9-5-8-12-6-1-2-10-14(12)13/h1-2,13H,3-11,15H2. The maximum atomic E-state index is 5.55. The van der Waals surface area contributed by atoms with E-state index in [0.29, 0.717) is 0 Å². The highest BCUT2D eigenvalue weighted by Crippen LogP contribution is 2.38. The van der Waals surface area contributed by atoms with E-state index in [4.69, 9.17) is 5.73 Å². The van der Waals surface area contributed by atoms with Gasteiger partial charge in [0.15, 0.2) is 0 Å². The van der Waals surface area contributed by atoms with Crippen LogP contribution in [0.5, 0.6) is 0 Å². The van der Waals surface area contributed by atoms with Gasteiger partial charge in [-0.1, -0.05) is 29.7 Å². The van der Waals surface area contributed by atoms with Gasteiger partial charge in [-0.3, -0.25) is 0 Å². The highest BCUT2D eigenvalue weighted by Gasteiger charge is 2.22. The van der Waals surface area contributed by atoms with Gasteiger partial charge in [0.1, 0.15) is 0 Å². The first kappa shape index (κ1) is 10.9. The van der Waals surface area contributed by atoms with Crippen LogP contribution in [0.1, 0.15) is 51.4 Å². The lowest BCUT2D eigenvalue weighted by atomic mass is 9.76. The van der Waals surface area contributed by atoms with Gasteiger partial charge in [0.25, 0.3) is 0 Å². The van der Waals surface area contributed by atoms with Crippen LogP contribution < -0.4 is 5.73 Å². The van der Waals surface area contributed by atoms with Crippen LogP contribution in [0.2, 0.25) is 0 Å². The molecule has 0 aromatic rings. The molecule has 15 heavy (non-hydrogen) atoms. The summed E-state index contributed by atoms with van der Waals surface area (Å²) in [6.07, 6.45) is 15.3. The zero-order valence-corrected chi connectivity index (χ0v) is 9.67. The normalized spacial score (nSPS) is 25.5. The summed E-state index contributed by atoms with van der Waals surface area (Å²) in [6, 6.07) is 0. The smallest absolute Gasteiger partial charge is 0.00773 e. The molecule has 2 N–H and O–H groups in total. The molecule has 1 nitrogen and oxygen atoms in total. The highest BCUT2D eigenvalue weighted by molar-refractivity contribution is 5.28. The molecule has 0 radical (unpaired) electrons. The molecule has 1 atom stereocenters.